The summed E-state index contributed by atoms with van der Waals surface area (Å²) in [5.41, 5.74) is 5.34. The number of benzene rings is 2. The predicted molar refractivity (Wildman–Crippen MR) is 138 cm³/mol. The summed E-state index contributed by atoms with van der Waals surface area (Å²) in [5.74, 6) is 0. The van der Waals surface area contributed by atoms with Crippen LogP contribution in [0.4, 0.5) is 5.69 Å². The van der Waals surface area contributed by atoms with Crippen LogP contribution in [0, 0.1) is 6.92 Å². The van der Waals surface area contributed by atoms with Crippen molar-refractivity contribution in [2.45, 2.75) is 19.0 Å². The molecule has 5 nitrogen and oxygen atoms in total. The van der Waals surface area contributed by atoms with Gasteiger partial charge >= 0.3 is 0 Å². The molecule has 0 saturated carbocycles. The second-order valence-corrected chi connectivity index (χ2v) is 9.50. The van der Waals surface area contributed by atoms with Crippen LogP contribution in [0.2, 0.25) is 0 Å². The van der Waals surface area contributed by atoms with Gasteiger partial charge in [-0.05, 0) is 67.7 Å². The highest BCUT2D eigenvalue weighted by Gasteiger charge is 2.42. The first kappa shape index (κ1) is 20.1. The van der Waals surface area contributed by atoms with Crippen molar-refractivity contribution >= 4 is 44.6 Å². The van der Waals surface area contributed by atoms with Crippen LogP contribution < -0.4 is 10.2 Å². The van der Waals surface area contributed by atoms with E-state index in [0.717, 1.165) is 27.7 Å². The van der Waals surface area contributed by atoms with Crippen LogP contribution in [0.25, 0.3) is 15.3 Å². The third kappa shape index (κ3) is 3.50. The van der Waals surface area contributed by atoms with Crippen molar-refractivity contribution in [3.05, 3.63) is 108 Å². The molecule has 4 heterocycles. The van der Waals surface area contributed by atoms with Gasteiger partial charge in [0.25, 0.3) is 0 Å². The number of anilines is 1. The lowest BCUT2D eigenvalue weighted by atomic mass is 10.0. The van der Waals surface area contributed by atoms with Gasteiger partial charge in [0.1, 0.15) is 6.04 Å². The molecule has 0 bridgehead atoms. The molecule has 0 spiro atoms. The van der Waals surface area contributed by atoms with Gasteiger partial charge in [-0.25, -0.2) is 4.98 Å². The van der Waals surface area contributed by atoms with Gasteiger partial charge in [0.05, 0.1) is 27.6 Å². The summed E-state index contributed by atoms with van der Waals surface area (Å²) < 4.78 is 3.35. The molecule has 7 heteroatoms. The Kier molecular flexibility index (Phi) is 4.93. The minimum atomic E-state index is -0.0944. The van der Waals surface area contributed by atoms with Crippen LogP contribution >= 0.6 is 23.6 Å². The Morgan fingerprint density at radius 2 is 1.76 bits per heavy atom. The maximum Gasteiger partial charge on any atom is 0.194 e. The molecule has 2 unspecified atom stereocenters. The molecule has 162 valence electrons. The van der Waals surface area contributed by atoms with Crippen molar-refractivity contribution < 1.29 is 0 Å². The molecule has 1 aliphatic rings. The number of para-hydroxylation sites is 1. The zero-order chi connectivity index (χ0) is 22.4. The van der Waals surface area contributed by atoms with E-state index in [-0.39, 0.29) is 12.1 Å². The normalized spacial score (nSPS) is 18.1. The number of nitrogens with zero attached hydrogens (tertiary/aromatic N) is 4. The van der Waals surface area contributed by atoms with Crippen molar-refractivity contribution in [1.29, 1.82) is 0 Å². The molecule has 6 rings (SSSR count). The smallest absolute Gasteiger partial charge is 0.194 e. The quantitative estimate of drug-likeness (QED) is 0.330. The van der Waals surface area contributed by atoms with Crippen LogP contribution in [0.3, 0.4) is 0 Å². The van der Waals surface area contributed by atoms with Gasteiger partial charge in [-0.3, -0.25) is 9.55 Å². The molecule has 1 N–H and O–H groups in total. The fraction of sp³-hybridized carbons (Fsp3) is 0.115. The van der Waals surface area contributed by atoms with Gasteiger partial charge in [0.2, 0.25) is 0 Å². The van der Waals surface area contributed by atoms with E-state index in [0.29, 0.717) is 5.11 Å². The number of thiocarbonyl (C=S) groups is 1. The number of fused-ring (bicyclic) bond motifs is 1. The van der Waals surface area contributed by atoms with E-state index in [1.165, 1.54) is 10.3 Å². The number of rotatable bonds is 4. The molecule has 2 atom stereocenters. The Morgan fingerprint density at radius 1 is 0.939 bits per heavy atom. The lowest BCUT2D eigenvalue weighted by Gasteiger charge is -2.28. The summed E-state index contributed by atoms with van der Waals surface area (Å²) in [7, 11) is 0. The van der Waals surface area contributed by atoms with Crippen LogP contribution in [-0.4, -0.2) is 19.6 Å². The highest BCUT2D eigenvalue weighted by Crippen LogP contribution is 2.42. The maximum atomic E-state index is 5.86. The van der Waals surface area contributed by atoms with Crippen molar-refractivity contribution in [1.82, 2.24) is 19.9 Å². The monoisotopic (exact) mass is 467 g/mol. The van der Waals surface area contributed by atoms with Crippen molar-refractivity contribution in [2.75, 3.05) is 4.90 Å². The Morgan fingerprint density at radius 3 is 2.55 bits per heavy atom. The Balaban J connectivity index is 1.51. The van der Waals surface area contributed by atoms with E-state index in [4.69, 9.17) is 17.2 Å². The van der Waals surface area contributed by atoms with Crippen LogP contribution in [0.5, 0.6) is 0 Å². The molecule has 1 saturated heterocycles. The van der Waals surface area contributed by atoms with Gasteiger partial charge in [-0.2, -0.15) is 0 Å². The van der Waals surface area contributed by atoms with Crippen LogP contribution in [0.1, 0.15) is 29.0 Å². The topological polar surface area (TPSA) is 46.0 Å². The highest BCUT2D eigenvalue weighted by molar-refractivity contribution is 7.80. The Bertz CT molecular complexity index is 1410. The molecule has 0 radical (unpaired) electrons. The number of nitrogens with one attached hydrogen (secondary N) is 1. The summed E-state index contributed by atoms with van der Waals surface area (Å²) >= 11 is 7.55. The highest BCUT2D eigenvalue weighted by atomic mass is 32.1. The molecule has 3 aromatic heterocycles. The first-order valence-electron chi connectivity index (χ1n) is 10.8. The molecule has 2 aromatic carbocycles. The lowest BCUT2D eigenvalue weighted by Crippen LogP contribution is -2.30. The van der Waals surface area contributed by atoms with Crippen molar-refractivity contribution in [3.63, 3.8) is 0 Å². The van der Waals surface area contributed by atoms with Gasteiger partial charge in [0, 0.05) is 18.1 Å². The molecule has 1 fully saturated rings. The van der Waals surface area contributed by atoms with Gasteiger partial charge in [-0.15, -0.1) is 0 Å². The Labute approximate surface area is 201 Å². The second-order valence-electron chi connectivity index (χ2n) is 8.10. The van der Waals surface area contributed by atoms with E-state index < -0.39 is 0 Å². The summed E-state index contributed by atoms with van der Waals surface area (Å²) in [6.07, 6.45) is 3.91. The van der Waals surface area contributed by atoms with Gasteiger partial charge in [0.15, 0.2) is 10.2 Å². The first-order chi connectivity index (χ1) is 16.2. The summed E-state index contributed by atoms with van der Waals surface area (Å²) in [5, 5.41) is 5.18. The number of hydrogen-bond acceptors (Lipinski definition) is 4. The number of pyridine rings is 1. The minimum Gasteiger partial charge on any atom is -0.351 e. The Hall–Kier alpha value is -3.55. The molecule has 33 heavy (non-hydrogen) atoms. The zero-order valence-corrected chi connectivity index (χ0v) is 19.6. The summed E-state index contributed by atoms with van der Waals surface area (Å²) in [4.78, 5) is 11.8. The maximum absolute atomic E-state index is 5.86. The third-order valence-corrected chi connectivity index (χ3v) is 7.33. The van der Waals surface area contributed by atoms with Gasteiger partial charge in [-0.1, -0.05) is 47.2 Å². The number of thiazole rings is 1. The van der Waals surface area contributed by atoms with Crippen LogP contribution in [-0.2, 0) is 0 Å². The average molecular weight is 468 g/mol. The number of aryl methyl sites for hydroxylation is 1. The second kappa shape index (κ2) is 8.10. The average Bonchev–Trinajstić information content (AvgIpc) is 3.56. The zero-order valence-electron chi connectivity index (χ0n) is 17.9. The molecule has 1 aliphatic heterocycles. The third-order valence-electron chi connectivity index (χ3n) is 5.98. The van der Waals surface area contributed by atoms with Crippen molar-refractivity contribution in [2.24, 2.45) is 0 Å². The molecule has 0 aliphatic carbocycles. The largest absolute Gasteiger partial charge is 0.351 e. The summed E-state index contributed by atoms with van der Waals surface area (Å²) in [6, 6.07) is 26.8. The standard InChI is InChI=1S/C26H21N5S2/c1-17-11-13-18(14-12-17)31-24(23(29-25(31)32)20-8-4-5-15-27-20)21-9-6-16-30(21)26-28-19-7-2-3-10-22(19)33-26/h2-16,23-24H,1H3,(H,29,32). The van der Waals surface area contributed by atoms with Gasteiger partial charge < -0.3 is 10.2 Å². The predicted octanol–water partition coefficient (Wildman–Crippen LogP) is 5.97. The molecule has 5 aromatic rings. The number of aromatic nitrogens is 3. The van der Waals surface area contributed by atoms with E-state index >= 15 is 0 Å². The molecular formula is C26H21N5S2. The molecule has 0 amide bonds. The number of hydrogen-bond donors (Lipinski definition) is 1. The van der Waals surface area contributed by atoms with E-state index in [2.05, 4.69) is 93.6 Å². The SMILES string of the molecule is Cc1ccc(N2C(=S)NC(c3ccccn3)C2c2cccn2-c2nc3ccccc3s2)cc1. The first-order valence-corrected chi connectivity index (χ1v) is 12.0. The fourth-order valence-corrected chi connectivity index (χ4v) is 5.73. The van der Waals surface area contributed by atoms with E-state index in [1.807, 2.05) is 24.4 Å². The fourth-order valence-electron chi connectivity index (χ4n) is 4.41. The summed E-state index contributed by atoms with van der Waals surface area (Å²) in [6.45, 7) is 2.09. The lowest BCUT2D eigenvalue weighted by molar-refractivity contribution is 0.549. The minimum absolute atomic E-state index is 0.0860. The van der Waals surface area contributed by atoms with Crippen molar-refractivity contribution in [3.8, 4) is 5.13 Å². The van der Waals surface area contributed by atoms with Crippen LogP contribution in [0.15, 0.2) is 91.3 Å². The molecular weight excluding hydrogens is 446 g/mol. The van der Waals surface area contributed by atoms with E-state index in [9.17, 15) is 0 Å². The van der Waals surface area contributed by atoms with E-state index in [1.54, 1.807) is 11.3 Å².